The number of nitrogens with one attached hydrogen (secondary N) is 3. The van der Waals surface area contributed by atoms with Gasteiger partial charge in [0.1, 0.15) is 5.82 Å². The van der Waals surface area contributed by atoms with Crippen molar-refractivity contribution in [3.05, 3.63) is 71.2 Å². The molecule has 3 amide bonds. The summed E-state index contributed by atoms with van der Waals surface area (Å²) in [5, 5.41) is 7.26. The van der Waals surface area contributed by atoms with E-state index in [4.69, 9.17) is 11.6 Å². The molecule has 1 heterocycles. The van der Waals surface area contributed by atoms with E-state index in [2.05, 4.69) is 20.9 Å². The summed E-state index contributed by atoms with van der Waals surface area (Å²) in [6, 6.07) is 14.4. The van der Waals surface area contributed by atoms with Crippen molar-refractivity contribution in [1.29, 1.82) is 0 Å². The standard InChI is InChI=1S/C23H18ClF3N4O2/c24-18-11-10-16(12-17(18)23(25,26)27)29-22(33)28-15-8-6-13(7-9-15)19-2-1-3-20(30-19)31-21(32)14-4-5-14/h1-3,6-12,14H,4-5H2,(H2,28,29,33)(H,30,31,32). The molecular formula is C23H18ClF3N4O2. The number of aromatic nitrogens is 1. The van der Waals surface area contributed by atoms with Crippen LogP contribution in [-0.4, -0.2) is 16.9 Å². The van der Waals surface area contributed by atoms with Crippen LogP contribution >= 0.6 is 11.6 Å². The van der Waals surface area contributed by atoms with E-state index in [0.717, 1.165) is 30.5 Å². The second kappa shape index (κ2) is 9.11. The van der Waals surface area contributed by atoms with Crippen LogP contribution < -0.4 is 16.0 Å². The molecule has 0 bridgehead atoms. The molecule has 170 valence electrons. The van der Waals surface area contributed by atoms with Crippen LogP contribution in [0.4, 0.5) is 35.2 Å². The molecule has 1 aliphatic rings. The van der Waals surface area contributed by atoms with Crippen LogP contribution in [0, 0.1) is 5.92 Å². The Morgan fingerprint density at radius 1 is 0.909 bits per heavy atom. The lowest BCUT2D eigenvalue weighted by atomic mass is 10.1. The second-order valence-corrected chi connectivity index (χ2v) is 7.93. The van der Waals surface area contributed by atoms with Gasteiger partial charge in [0, 0.05) is 22.9 Å². The molecule has 0 unspecified atom stereocenters. The lowest BCUT2D eigenvalue weighted by Gasteiger charge is -2.12. The third-order valence-corrected chi connectivity index (χ3v) is 5.25. The molecule has 0 atom stereocenters. The van der Waals surface area contributed by atoms with Crippen LogP contribution in [0.5, 0.6) is 0 Å². The minimum absolute atomic E-state index is 0.0340. The fourth-order valence-electron chi connectivity index (χ4n) is 3.08. The van der Waals surface area contributed by atoms with E-state index in [0.29, 0.717) is 17.2 Å². The number of halogens is 4. The van der Waals surface area contributed by atoms with Gasteiger partial charge in [-0.1, -0.05) is 29.8 Å². The molecule has 0 aliphatic heterocycles. The van der Waals surface area contributed by atoms with Crippen molar-refractivity contribution < 1.29 is 22.8 Å². The van der Waals surface area contributed by atoms with Gasteiger partial charge >= 0.3 is 12.2 Å². The van der Waals surface area contributed by atoms with Crippen molar-refractivity contribution in [1.82, 2.24) is 4.98 Å². The van der Waals surface area contributed by atoms with E-state index in [-0.39, 0.29) is 17.5 Å². The summed E-state index contributed by atoms with van der Waals surface area (Å²) in [6.45, 7) is 0. The highest BCUT2D eigenvalue weighted by atomic mass is 35.5. The number of carbonyl (C=O) groups excluding carboxylic acids is 2. The molecule has 1 saturated carbocycles. The van der Waals surface area contributed by atoms with Crippen molar-refractivity contribution in [2.24, 2.45) is 5.92 Å². The first-order chi connectivity index (χ1) is 15.7. The molecule has 1 aliphatic carbocycles. The van der Waals surface area contributed by atoms with Gasteiger partial charge in [-0.15, -0.1) is 0 Å². The third kappa shape index (κ3) is 5.81. The predicted octanol–water partition coefficient (Wildman–Crippen LogP) is 6.41. The Bertz CT molecular complexity index is 1200. The van der Waals surface area contributed by atoms with E-state index in [9.17, 15) is 22.8 Å². The number of nitrogens with zero attached hydrogens (tertiary/aromatic N) is 1. The normalized spacial score (nSPS) is 13.3. The van der Waals surface area contributed by atoms with Crippen molar-refractivity contribution in [2.75, 3.05) is 16.0 Å². The molecule has 10 heteroatoms. The fourth-order valence-corrected chi connectivity index (χ4v) is 3.30. The van der Waals surface area contributed by atoms with Gasteiger partial charge in [-0.2, -0.15) is 13.2 Å². The van der Waals surface area contributed by atoms with Crippen molar-refractivity contribution in [2.45, 2.75) is 19.0 Å². The molecule has 0 spiro atoms. The average molecular weight is 475 g/mol. The topological polar surface area (TPSA) is 83.1 Å². The minimum Gasteiger partial charge on any atom is -0.310 e. The first-order valence-corrected chi connectivity index (χ1v) is 10.4. The van der Waals surface area contributed by atoms with Crippen LogP contribution in [-0.2, 0) is 11.0 Å². The van der Waals surface area contributed by atoms with Gasteiger partial charge in [0.2, 0.25) is 5.91 Å². The van der Waals surface area contributed by atoms with Crippen LogP contribution in [0.3, 0.4) is 0 Å². The van der Waals surface area contributed by atoms with Crippen LogP contribution in [0.1, 0.15) is 18.4 Å². The van der Waals surface area contributed by atoms with E-state index in [1.807, 2.05) is 0 Å². The molecule has 3 N–H and O–H groups in total. The molecule has 6 nitrogen and oxygen atoms in total. The molecule has 2 aromatic carbocycles. The molecule has 0 radical (unpaired) electrons. The smallest absolute Gasteiger partial charge is 0.310 e. The fraction of sp³-hybridized carbons (Fsp3) is 0.174. The van der Waals surface area contributed by atoms with E-state index >= 15 is 0 Å². The Hall–Kier alpha value is -3.59. The Kier molecular flexibility index (Phi) is 6.24. The van der Waals surface area contributed by atoms with E-state index < -0.39 is 22.8 Å². The molecule has 3 aromatic rings. The molecule has 0 saturated heterocycles. The number of hydrogen-bond acceptors (Lipinski definition) is 3. The summed E-state index contributed by atoms with van der Waals surface area (Å²) in [6.07, 6.45) is -2.84. The van der Waals surface area contributed by atoms with Gasteiger partial charge in [0.25, 0.3) is 0 Å². The summed E-state index contributed by atoms with van der Waals surface area (Å²) in [5.41, 5.74) is 0.750. The van der Waals surface area contributed by atoms with Crippen LogP contribution in [0.2, 0.25) is 5.02 Å². The summed E-state index contributed by atoms with van der Waals surface area (Å²) < 4.78 is 38.9. The molecule has 1 fully saturated rings. The largest absolute Gasteiger partial charge is 0.417 e. The highest BCUT2D eigenvalue weighted by molar-refractivity contribution is 6.31. The zero-order valence-electron chi connectivity index (χ0n) is 17.0. The maximum absolute atomic E-state index is 13.0. The van der Waals surface area contributed by atoms with Gasteiger partial charge < -0.3 is 16.0 Å². The highest BCUT2D eigenvalue weighted by Gasteiger charge is 2.33. The average Bonchev–Trinajstić information content (AvgIpc) is 3.61. The van der Waals surface area contributed by atoms with Gasteiger partial charge in [-0.05, 0) is 55.3 Å². The lowest BCUT2D eigenvalue weighted by Crippen LogP contribution is -2.19. The second-order valence-electron chi connectivity index (χ2n) is 7.52. The van der Waals surface area contributed by atoms with Gasteiger partial charge in [-0.3, -0.25) is 4.79 Å². The summed E-state index contributed by atoms with van der Waals surface area (Å²) in [7, 11) is 0. The predicted molar refractivity (Wildman–Crippen MR) is 120 cm³/mol. The maximum Gasteiger partial charge on any atom is 0.417 e. The molecular weight excluding hydrogens is 457 g/mol. The number of rotatable bonds is 5. The monoisotopic (exact) mass is 474 g/mol. The highest BCUT2D eigenvalue weighted by Crippen LogP contribution is 2.36. The number of hydrogen-bond donors (Lipinski definition) is 3. The molecule has 33 heavy (non-hydrogen) atoms. The lowest BCUT2D eigenvalue weighted by molar-refractivity contribution is -0.137. The van der Waals surface area contributed by atoms with Crippen LogP contribution in [0.25, 0.3) is 11.3 Å². The first kappa shape index (κ1) is 22.6. The SMILES string of the molecule is O=C(Nc1ccc(-c2cccc(NC(=O)C3CC3)n2)cc1)Nc1ccc(Cl)c(C(F)(F)F)c1. The zero-order valence-corrected chi connectivity index (χ0v) is 17.8. The van der Waals surface area contributed by atoms with Crippen LogP contribution in [0.15, 0.2) is 60.7 Å². The van der Waals surface area contributed by atoms with Crippen molar-refractivity contribution in [3.8, 4) is 11.3 Å². The van der Waals surface area contributed by atoms with E-state index in [1.54, 1.807) is 42.5 Å². The Balaban J connectivity index is 1.40. The Morgan fingerprint density at radius 2 is 1.58 bits per heavy atom. The number of urea groups is 1. The number of pyridine rings is 1. The summed E-state index contributed by atoms with van der Waals surface area (Å²) >= 11 is 5.59. The summed E-state index contributed by atoms with van der Waals surface area (Å²) in [5.74, 6) is 0.500. The van der Waals surface area contributed by atoms with Gasteiger partial charge in [-0.25, -0.2) is 9.78 Å². The number of alkyl halides is 3. The Morgan fingerprint density at radius 3 is 2.24 bits per heavy atom. The molecule has 4 rings (SSSR count). The number of amides is 3. The first-order valence-electron chi connectivity index (χ1n) is 10.0. The van der Waals surface area contributed by atoms with Crippen molar-refractivity contribution in [3.63, 3.8) is 0 Å². The molecule has 1 aromatic heterocycles. The van der Waals surface area contributed by atoms with E-state index in [1.165, 1.54) is 6.07 Å². The quantitative estimate of drug-likeness (QED) is 0.399. The minimum atomic E-state index is -4.63. The third-order valence-electron chi connectivity index (χ3n) is 4.92. The zero-order chi connectivity index (χ0) is 23.6. The Labute approximate surface area is 192 Å². The number of benzene rings is 2. The van der Waals surface area contributed by atoms with Crippen molar-refractivity contribution >= 4 is 40.7 Å². The number of carbonyl (C=O) groups is 2. The maximum atomic E-state index is 13.0. The number of anilines is 3. The summed E-state index contributed by atoms with van der Waals surface area (Å²) in [4.78, 5) is 28.6. The van der Waals surface area contributed by atoms with Gasteiger partial charge in [0.05, 0.1) is 16.3 Å². The van der Waals surface area contributed by atoms with Gasteiger partial charge in [0.15, 0.2) is 0 Å².